The number of hydrogen-bond donors (Lipinski definition) is 1. The largest absolute Gasteiger partial charge is 0.484 e. The fourth-order valence-electron chi connectivity index (χ4n) is 1.68. The van der Waals surface area contributed by atoms with Crippen LogP contribution in [0.25, 0.3) is 0 Å². The molecule has 90 valence electrons. The summed E-state index contributed by atoms with van der Waals surface area (Å²) in [4.78, 5) is 0. The number of rotatable bonds is 5. The Morgan fingerprint density at radius 3 is 2.53 bits per heavy atom. The molecule has 0 aliphatic carbocycles. The van der Waals surface area contributed by atoms with Gasteiger partial charge in [-0.3, -0.25) is 0 Å². The summed E-state index contributed by atoms with van der Waals surface area (Å²) in [5, 5.41) is 4.12. The number of ether oxygens (including phenoxy) is 1. The average Bonchev–Trinajstić information content (AvgIpc) is 2.90. The summed E-state index contributed by atoms with van der Waals surface area (Å²) in [7, 11) is 0. The lowest BCUT2D eigenvalue weighted by molar-refractivity contribution is 0.214. The van der Waals surface area contributed by atoms with Crippen molar-refractivity contribution < 1.29 is 4.74 Å². The number of hydrogen-bond acceptors (Lipinski definition) is 3. The summed E-state index contributed by atoms with van der Waals surface area (Å²) in [6, 6.07) is 10.3. The van der Waals surface area contributed by atoms with Crippen molar-refractivity contribution in [1.29, 1.82) is 0 Å². The van der Waals surface area contributed by atoms with E-state index in [2.05, 4.69) is 30.5 Å². The Bertz CT molecular complexity index is 436. The second kappa shape index (κ2) is 5.84. The van der Waals surface area contributed by atoms with Crippen molar-refractivity contribution in [3.8, 4) is 5.75 Å². The molecule has 0 aliphatic heterocycles. The third-order valence-electron chi connectivity index (χ3n) is 2.74. The minimum Gasteiger partial charge on any atom is -0.484 e. The molecule has 2 N–H and O–H groups in total. The van der Waals surface area contributed by atoms with Gasteiger partial charge < -0.3 is 10.5 Å². The number of benzene rings is 1. The highest BCUT2D eigenvalue weighted by Gasteiger charge is 2.11. The predicted molar refractivity (Wildman–Crippen MR) is 72.6 cm³/mol. The van der Waals surface area contributed by atoms with Crippen LogP contribution in [0.5, 0.6) is 5.75 Å². The van der Waals surface area contributed by atoms with E-state index < -0.39 is 0 Å². The standard InChI is InChI=1S/C14H17NOS/c1-2-11-3-5-13(6-4-11)16-14(9-15)12-7-8-17-10-12/h3-8,10,14H,2,9,15H2,1H3. The summed E-state index contributed by atoms with van der Waals surface area (Å²) in [5.41, 5.74) is 8.21. The van der Waals surface area contributed by atoms with E-state index in [1.54, 1.807) is 11.3 Å². The first-order valence-electron chi connectivity index (χ1n) is 5.81. The van der Waals surface area contributed by atoms with Crippen LogP contribution in [0.2, 0.25) is 0 Å². The van der Waals surface area contributed by atoms with E-state index in [0.29, 0.717) is 6.54 Å². The topological polar surface area (TPSA) is 35.2 Å². The van der Waals surface area contributed by atoms with Crippen LogP contribution in [0, 0.1) is 0 Å². The van der Waals surface area contributed by atoms with Crippen LogP contribution in [-0.4, -0.2) is 6.54 Å². The van der Waals surface area contributed by atoms with Crippen LogP contribution in [-0.2, 0) is 6.42 Å². The molecule has 1 atom stereocenters. The molecule has 0 saturated carbocycles. The van der Waals surface area contributed by atoms with Crippen molar-refractivity contribution in [2.45, 2.75) is 19.4 Å². The molecule has 1 heterocycles. The van der Waals surface area contributed by atoms with Gasteiger partial charge in [-0.25, -0.2) is 0 Å². The van der Waals surface area contributed by atoms with E-state index in [1.807, 2.05) is 17.5 Å². The maximum atomic E-state index is 5.89. The normalized spacial score (nSPS) is 12.4. The van der Waals surface area contributed by atoms with Gasteiger partial charge in [-0.1, -0.05) is 19.1 Å². The number of aryl methyl sites for hydroxylation is 1. The van der Waals surface area contributed by atoms with Crippen molar-refractivity contribution >= 4 is 11.3 Å². The van der Waals surface area contributed by atoms with E-state index in [-0.39, 0.29) is 6.10 Å². The van der Waals surface area contributed by atoms with E-state index in [0.717, 1.165) is 17.7 Å². The Kier molecular flexibility index (Phi) is 4.18. The van der Waals surface area contributed by atoms with Crippen molar-refractivity contribution in [2.75, 3.05) is 6.54 Å². The molecule has 3 heteroatoms. The molecule has 0 fully saturated rings. The average molecular weight is 247 g/mol. The van der Waals surface area contributed by atoms with Gasteiger partial charge in [0.05, 0.1) is 0 Å². The van der Waals surface area contributed by atoms with Gasteiger partial charge in [-0.05, 0) is 40.9 Å². The predicted octanol–water partition coefficient (Wildman–Crippen LogP) is 3.39. The molecule has 17 heavy (non-hydrogen) atoms. The first-order chi connectivity index (χ1) is 8.33. The van der Waals surface area contributed by atoms with Crippen LogP contribution in [0.3, 0.4) is 0 Å². The van der Waals surface area contributed by atoms with E-state index in [1.165, 1.54) is 5.56 Å². The molecule has 0 radical (unpaired) electrons. The smallest absolute Gasteiger partial charge is 0.137 e. The zero-order chi connectivity index (χ0) is 12.1. The van der Waals surface area contributed by atoms with E-state index in [4.69, 9.17) is 10.5 Å². The molecule has 1 unspecified atom stereocenters. The number of thiophene rings is 1. The van der Waals surface area contributed by atoms with Gasteiger partial charge in [0.1, 0.15) is 11.9 Å². The molecule has 2 rings (SSSR count). The summed E-state index contributed by atoms with van der Waals surface area (Å²) >= 11 is 1.66. The Labute approximate surface area is 106 Å². The monoisotopic (exact) mass is 247 g/mol. The van der Waals surface area contributed by atoms with Crippen molar-refractivity contribution in [3.05, 3.63) is 52.2 Å². The Hall–Kier alpha value is -1.32. The first-order valence-corrected chi connectivity index (χ1v) is 6.75. The molecular formula is C14H17NOS. The Balaban J connectivity index is 2.07. The molecule has 0 bridgehead atoms. The lowest BCUT2D eigenvalue weighted by Gasteiger charge is -2.16. The second-order valence-corrected chi connectivity index (χ2v) is 4.68. The molecule has 0 saturated heterocycles. The van der Waals surface area contributed by atoms with Gasteiger partial charge in [0.25, 0.3) is 0 Å². The van der Waals surface area contributed by atoms with Gasteiger partial charge in [0.15, 0.2) is 0 Å². The highest BCUT2D eigenvalue weighted by Crippen LogP contribution is 2.23. The highest BCUT2D eigenvalue weighted by molar-refractivity contribution is 7.07. The molecule has 0 amide bonds. The Morgan fingerprint density at radius 1 is 1.24 bits per heavy atom. The van der Waals surface area contributed by atoms with Crippen LogP contribution in [0.1, 0.15) is 24.2 Å². The Morgan fingerprint density at radius 2 is 2.00 bits per heavy atom. The minimum absolute atomic E-state index is 0.0475. The molecule has 2 aromatic rings. The second-order valence-electron chi connectivity index (χ2n) is 3.90. The number of nitrogens with two attached hydrogens (primary N) is 1. The van der Waals surface area contributed by atoms with Crippen LogP contribution < -0.4 is 10.5 Å². The zero-order valence-electron chi connectivity index (χ0n) is 9.93. The van der Waals surface area contributed by atoms with Crippen molar-refractivity contribution in [3.63, 3.8) is 0 Å². The molecule has 1 aromatic carbocycles. The van der Waals surface area contributed by atoms with Gasteiger partial charge >= 0.3 is 0 Å². The summed E-state index contributed by atoms with van der Waals surface area (Å²) < 4.78 is 5.89. The zero-order valence-corrected chi connectivity index (χ0v) is 10.7. The summed E-state index contributed by atoms with van der Waals surface area (Å²) in [6.07, 6.45) is 0.999. The van der Waals surface area contributed by atoms with Gasteiger partial charge in [-0.15, -0.1) is 0 Å². The minimum atomic E-state index is -0.0475. The maximum absolute atomic E-state index is 5.89. The quantitative estimate of drug-likeness (QED) is 0.879. The van der Waals surface area contributed by atoms with Crippen LogP contribution in [0.4, 0.5) is 0 Å². The van der Waals surface area contributed by atoms with E-state index in [9.17, 15) is 0 Å². The first kappa shape index (κ1) is 12.1. The molecule has 0 aliphatic rings. The summed E-state index contributed by atoms with van der Waals surface area (Å²) in [5.74, 6) is 0.879. The SMILES string of the molecule is CCc1ccc(OC(CN)c2ccsc2)cc1. The van der Waals surface area contributed by atoms with Crippen molar-refractivity contribution in [1.82, 2.24) is 0 Å². The fourth-order valence-corrected chi connectivity index (χ4v) is 2.38. The van der Waals surface area contributed by atoms with Gasteiger partial charge in [0.2, 0.25) is 0 Å². The third-order valence-corrected chi connectivity index (χ3v) is 3.44. The van der Waals surface area contributed by atoms with Crippen molar-refractivity contribution in [2.24, 2.45) is 5.73 Å². The van der Waals surface area contributed by atoms with Gasteiger partial charge in [-0.2, -0.15) is 11.3 Å². The molecule has 2 nitrogen and oxygen atoms in total. The lowest BCUT2D eigenvalue weighted by atomic mass is 10.1. The molecule has 0 spiro atoms. The fraction of sp³-hybridized carbons (Fsp3) is 0.286. The lowest BCUT2D eigenvalue weighted by Crippen LogP contribution is -2.17. The van der Waals surface area contributed by atoms with Gasteiger partial charge in [0, 0.05) is 12.1 Å². The third kappa shape index (κ3) is 3.08. The van der Waals surface area contributed by atoms with Crippen LogP contribution in [0.15, 0.2) is 41.1 Å². The summed E-state index contributed by atoms with van der Waals surface area (Å²) in [6.45, 7) is 2.64. The maximum Gasteiger partial charge on any atom is 0.137 e. The van der Waals surface area contributed by atoms with Crippen LogP contribution >= 0.6 is 11.3 Å². The highest BCUT2D eigenvalue weighted by atomic mass is 32.1. The molecular weight excluding hydrogens is 230 g/mol. The molecule has 1 aromatic heterocycles. The van der Waals surface area contributed by atoms with E-state index >= 15 is 0 Å².